The molecular formula is C15H28O4. The van der Waals surface area contributed by atoms with Gasteiger partial charge in [-0.3, -0.25) is 4.79 Å². The number of carbonyl (C=O) groups excluding carboxylic acids is 1. The van der Waals surface area contributed by atoms with Gasteiger partial charge in [-0.1, -0.05) is 13.3 Å². The molecule has 0 saturated heterocycles. The van der Waals surface area contributed by atoms with Gasteiger partial charge in [0.05, 0.1) is 26.4 Å². The first-order chi connectivity index (χ1) is 9.27. The number of hydrogen-bond donors (Lipinski definition) is 0. The Morgan fingerprint density at radius 2 is 1.79 bits per heavy atom. The van der Waals surface area contributed by atoms with Gasteiger partial charge in [-0.15, -0.1) is 0 Å². The molecule has 0 heterocycles. The monoisotopic (exact) mass is 272 g/mol. The maximum Gasteiger partial charge on any atom is 0.136 e. The van der Waals surface area contributed by atoms with Crippen molar-refractivity contribution in [2.24, 2.45) is 11.8 Å². The summed E-state index contributed by atoms with van der Waals surface area (Å²) in [5.41, 5.74) is 0. The summed E-state index contributed by atoms with van der Waals surface area (Å²) in [6.45, 7) is 5.31. The van der Waals surface area contributed by atoms with Gasteiger partial charge in [-0.25, -0.2) is 0 Å². The van der Waals surface area contributed by atoms with Gasteiger partial charge in [0.2, 0.25) is 0 Å². The summed E-state index contributed by atoms with van der Waals surface area (Å²) in [4.78, 5) is 11.8. The molecule has 0 aromatic heterocycles. The van der Waals surface area contributed by atoms with Gasteiger partial charge in [0.25, 0.3) is 0 Å². The second-order valence-corrected chi connectivity index (χ2v) is 5.22. The molecule has 2 atom stereocenters. The van der Waals surface area contributed by atoms with E-state index in [1.54, 1.807) is 7.11 Å². The summed E-state index contributed by atoms with van der Waals surface area (Å²) in [5.74, 6) is 1.40. The third kappa shape index (κ3) is 7.04. The highest BCUT2D eigenvalue weighted by atomic mass is 16.5. The van der Waals surface area contributed by atoms with Crippen molar-refractivity contribution in [2.45, 2.75) is 39.0 Å². The lowest BCUT2D eigenvalue weighted by atomic mass is 9.78. The molecule has 1 rings (SSSR count). The molecule has 0 radical (unpaired) electrons. The Hall–Kier alpha value is -0.450. The zero-order chi connectivity index (χ0) is 13.9. The Kier molecular flexibility index (Phi) is 9.05. The van der Waals surface area contributed by atoms with Crippen molar-refractivity contribution in [1.29, 1.82) is 0 Å². The molecule has 1 aliphatic carbocycles. The maximum atomic E-state index is 11.8. The van der Waals surface area contributed by atoms with E-state index in [1.165, 1.54) is 6.42 Å². The third-order valence-corrected chi connectivity index (χ3v) is 3.86. The molecule has 1 fully saturated rings. The predicted molar refractivity (Wildman–Crippen MR) is 74.3 cm³/mol. The fraction of sp³-hybridized carbons (Fsp3) is 0.933. The molecule has 2 unspecified atom stereocenters. The van der Waals surface area contributed by atoms with E-state index in [0.29, 0.717) is 38.8 Å². The molecule has 0 bridgehead atoms. The number of hydrogen-bond acceptors (Lipinski definition) is 4. The molecular weight excluding hydrogens is 244 g/mol. The molecule has 112 valence electrons. The minimum absolute atomic E-state index is 0.230. The second-order valence-electron chi connectivity index (χ2n) is 5.22. The van der Waals surface area contributed by atoms with Crippen LogP contribution in [0.15, 0.2) is 0 Å². The van der Waals surface area contributed by atoms with Crippen molar-refractivity contribution < 1.29 is 19.0 Å². The van der Waals surface area contributed by atoms with Crippen LogP contribution in [0.5, 0.6) is 0 Å². The van der Waals surface area contributed by atoms with Crippen molar-refractivity contribution in [3.8, 4) is 0 Å². The van der Waals surface area contributed by atoms with Crippen LogP contribution in [0.1, 0.15) is 39.0 Å². The van der Waals surface area contributed by atoms with E-state index >= 15 is 0 Å². The first-order valence-electron chi connectivity index (χ1n) is 7.45. The summed E-state index contributed by atoms with van der Waals surface area (Å²) in [7, 11) is 1.66. The Labute approximate surface area is 116 Å². The minimum atomic E-state index is 0.230. The lowest BCUT2D eigenvalue weighted by Gasteiger charge is -2.27. The smallest absolute Gasteiger partial charge is 0.136 e. The van der Waals surface area contributed by atoms with Crippen LogP contribution >= 0.6 is 0 Å². The van der Waals surface area contributed by atoms with Crippen LogP contribution in [0.2, 0.25) is 0 Å². The quantitative estimate of drug-likeness (QED) is 0.573. The topological polar surface area (TPSA) is 44.8 Å². The molecule has 0 aromatic carbocycles. The zero-order valence-corrected chi connectivity index (χ0v) is 12.4. The number of ketones is 1. The van der Waals surface area contributed by atoms with Gasteiger partial charge in [-0.05, 0) is 25.2 Å². The van der Waals surface area contributed by atoms with Crippen molar-refractivity contribution in [2.75, 3.05) is 40.1 Å². The normalized spacial score (nSPS) is 23.8. The number of Topliss-reactive ketones (excluding diaryl/α,β-unsaturated/α-hetero) is 1. The largest absolute Gasteiger partial charge is 0.382 e. The highest BCUT2D eigenvalue weighted by molar-refractivity contribution is 5.81. The highest BCUT2D eigenvalue weighted by Crippen LogP contribution is 2.30. The molecule has 0 amide bonds. The number of methoxy groups -OCH3 is 1. The van der Waals surface area contributed by atoms with E-state index in [1.807, 2.05) is 0 Å². The molecule has 4 nitrogen and oxygen atoms in total. The molecule has 1 saturated carbocycles. The van der Waals surface area contributed by atoms with Crippen molar-refractivity contribution >= 4 is 5.78 Å². The highest BCUT2D eigenvalue weighted by Gasteiger charge is 2.27. The van der Waals surface area contributed by atoms with Crippen LogP contribution in [0, 0.1) is 11.8 Å². The molecule has 0 aliphatic heterocycles. The first-order valence-corrected chi connectivity index (χ1v) is 7.45. The summed E-state index contributed by atoms with van der Waals surface area (Å²) >= 11 is 0. The molecule has 0 N–H and O–H groups in total. The van der Waals surface area contributed by atoms with Gasteiger partial charge in [0, 0.05) is 26.1 Å². The van der Waals surface area contributed by atoms with Crippen molar-refractivity contribution in [3.05, 3.63) is 0 Å². The van der Waals surface area contributed by atoms with Gasteiger partial charge < -0.3 is 14.2 Å². The van der Waals surface area contributed by atoms with Crippen LogP contribution in [0.4, 0.5) is 0 Å². The van der Waals surface area contributed by atoms with Crippen molar-refractivity contribution in [1.82, 2.24) is 0 Å². The molecule has 0 spiro atoms. The second kappa shape index (κ2) is 10.4. The minimum Gasteiger partial charge on any atom is -0.382 e. The molecule has 1 aliphatic rings. The van der Waals surface area contributed by atoms with E-state index in [4.69, 9.17) is 14.2 Å². The summed E-state index contributed by atoms with van der Waals surface area (Å²) in [5, 5.41) is 0. The standard InChI is InChI=1S/C15H28O4/c1-3-13-4-5-15(16)14(12-13)6-7-18-10-11-19-9-8-17-2/h13-14H,3-12H2,1-2H3. The number of rotatable bonds is 10. The average molecular weight is 272 g/mol. The fourth-order valence-corrected chi connectivity index (χ4v) is 2.54. The zero-order valence-electron chi connectivity index (χ0n) is 12.4. The Morgan fingerprint density at radius 1 is 1.11 bits per heavy atom. The van der Waals surface area contributed by atoms with E-state index < -0.39 is 0 Å². The van der Waals surface area contributed by atoms with Gasteiger partial charge in [0.15, 0.2) is 0 Å². The average Bonchev–Trinajstić information content (AvgIpc) is 2.43. The van der Waals surface area contributed by atoms with Crippen LogP contribution in [0.3, 0.4) is 0 Å². The van der Waals surface area contributed by atoms with Crippen LogP contribution < -0.4 is 0 Å². The molecule has 0 aromatic rings. The molecule has 4 heteroatoms. The Morgan fingerprint density at radius 3 is 2.47 bits per heavy atom. The van der Waals surface area contributed by atoms with E-state index in [0.717, 1.165) is 31.6 Å². The lowest BCUT2D eigenvalue weighted by Crippen LogP contribution is -2.26. The SMILES string of the molecule is CCC1CCC(=O)C(CCOCCOCCOC)C1. The van der Waals surface area contributed by atoms with Crippen LogP contribution in [-0.2, 0) is 19.0 Å². The number of carbonyl (C=O) groups is 1. The summed E-state index contributed by atoms with van der Waals surface area (Å²) < 4.78 is 15.7. The van der Waals surface area contributed by atoms with E-state index in [-0.39, 0.29) is 5.92 Å². The Bertz CT molecular complexity index is 242. The summed E-state index contributed by atoms with van der Waals surface area (Å²) in [6.07, 6.45) is 4.97. The van der Waals surface area contributed by atoms with Gasteiger partial charge in [0.1, 0.15) is 5.78 Å². The lowest BCUT2D eigenvalue weighted by molar-refractivity contribution is -0.126. The predicted octanol–water partition coefficient (Wildman–Crippen LogP) is 2.45. The maximum absolute atomic E-state index is 11.8. The summed E-state index contributed by atoms with van der Waals surface area (Å²) in [6, 6.07) is 0. The first kappa shape index (κ1) is 16.6. The van der Waals surface area contributed by atoms with E-state index in [2.05, 4.69) is 6.92 Å². The molecule has 19 heavy (non-hydrogen) atoms. The third-order valence-electron chi connectivity index (χ3n) is 3.86. The van der Waals surface area contributed by atoms with Crippen LogP contribution in [0.25, 0.3) is 0 Å². The van der Waals surface area contributed by atoms with Gasteiger partial charge >= 0.3 is 0 Å². The fourth-order valence-electron chi connectivity index (χ4n) is 2.54. The van der Waals surface area contributed by atoms with Gasteiger partial charge in [-0.2, -0.15) is 0 Å². The van der Waals surface area contributed by atoms with E-state index in [9.17, 15) is 4.79 Å². The number of ether oxygens (including phenoxy) is 3. The van der Waals surface area contributed by atoms with Crippen LogP contribution in [-0.4, -0.2) is 45.9 Å². The Balaban J connectivity index is 2.00. The van der Waals surface area contributed by atoms with Crippen molar-refractivity contribution in [3.63, 3.8) is 0 Å².